The van der Waals surface area contributed by atoms with Gasteiger partial charge in [0.1, 0.15) is 10.4 Å². The van der Waals surface area contributed by atoms with Gasteiger partial charge in [0.05, 0.1) is 4.92 Å². The Labute approximate surface area is 106 Å². The fraction of sp³-hybridized carbons (Fsp3) is 0. The van der Waals surface area contributed by atoms with Gasteiger partial charge >= 0.3 is 5.69 Å². The van der Waals surface area contributed by atoms with Gasteiger partial charge in [0.25, 0.3) is 10.1 Å². The van der Waals surface area contributed by atoms with Crippen molar-refractivity contribution in [2.75, 3.05) is 0 Å². The molecule has 1 heterocycles. The molecule has 0 aliphatic heterocycles. The zero-order valence-electron chi connectivity index (χ0n) is 9.14. The molecule has 0 radical (unpaired) electrons. The van der Waals surface area contributed by atoms with Gasteiger partial charge in [0.2, 0.25) is 5.75 Å². The minimum atomic E-state index is -4.66. The highest BCUT2D eigenvalue weighted by atomic mass is 32.2. The van der Waals surface area contributed by atoms with Crippen LogP contribution in [0.4, 0.5) is 5.69 Å². The van der Waals surface area contributed by atoms with E-state index in [1.54, 1.807) is 0 Å². The maximum atomic E-state index is 11.2. The molecule has 0 unspecified atom stereocenters. The molecule has 19 heavy (non-hydrogen) atoms. The van der Waals surface area contributed by atoms with Gasteiger partial charge < -0.3 is 10.6 Å². The van der Waals surface area contributed by atoms with E-state index in [-0.39, 0.29) is 16.4 Å². The van der Waals surface area contributed by atoms with Gasteiger partial charge in [-0.3, -0.25) is 19.7 Å². The molecular formula is C9H8N2O7S. The van der Waals surface area contributed by atoms with Crippen LogP contribution in [0.25, 0.3) is 10.9 Å². The number of phenols is 1. The Morgan fingerprint density at radius 2 is 2.00 bits per heavy atom. The van der Waals surface area contributed by atoms with Crippen LogP contribution in [0.3, 0.4) is 0 Å². The normalized spacial score (nSPS) is 11.0. The van der Waals surface area contributed by atoms with Gasteiger partial charge in [0.15, 0.2) is 0 Å². The first-order chi connectivity index (χ1) is 8.32. The molecule has 0 spiro atoms. The number of nitrogens with zero attached hydrogens (tertiary/aromatic N) is 2. The first-order valence-electron chi connectivity index (χ1n) is 4.55. The Hall–Kier alpha value is -2.30. The zero-order chi connectivity index (χ0) is 13.5. The largest absolute Gasteiger partial charge is 0.501 e. The third-order valence-corrected chi connectivity index (χ3v) is 3.18. The van der Waals surface area contributed by atoms with Gasteiger partial charge in [-0.2, -0.15) is 8.42 Å². The predicted molar refractivity (Wildman–Crippen MR) is 63.5 cm³/mol. The van der Waals surface area contributed by atoms with E-state index < -0.39 is 31.4 Å². The van der Waals surface area contributed by atoms with Crippen LogP contribution in [-0.2, 0) is 10.1 Å². The van der Waals surface area contributed by atoms with E-state index in [4.69, 9.17) is 4.55 Å². The Morgan fingerprint density at radius 1 is 1.37 bits per heavy atom. The molecule has 1 aromatic heterocycles. The smallest absolute Gasteiger partial charge is 0.314 e. The summed E-state index contributed by atoms with van der Waals surface area (Å²) in [6.45, 7) is 0. The van der Waals surface area contributed by atoms with Crippen LogP contribution >= 0.6 is 0 Å². The fourth-order valence-electron chi connectivity index (χ4n) is 1.54. The molecule has 0 amide bonds. The third-order valence-electron chi connectivity index (χ3n) is 2.28. The average molecular weight is 288 g/mol. The molecule has 0 saturated heterocycles. The number of rotatable bonds is 2. The lowest BCUT2D eigenvalue weighted by atomic mass is 10.2. The van der Waals surface area contributed by atoms with Crippen LogP contribution in [0.5, 0.6) is 5.75 Å². The Morgan fingerprint density at radius 3 is 2.53 bits per heavy atom. The number of aromatic nitrogens is 1. The highest BCUT2D eigenvalue weighted by Crippen LogP contribution is 2.36. The lowest BCUT2D eigenvalue weighted by Gasteiger charge is -2.05. The minimum Gasteiger partial charge on any atom is -0.501 e. The molecule has 10 heteroatoms. The maximum absolute atomic E-state index is 11.2. The van der Waals surface area contributed by atoms with Crippen molar-refractivity contribution in [2.24, 2.45) is 0 Å². The second kappa shape index (κ2) is 4.76. The standard InChI is InChI=1S/C9H6N2O6S.H2O/c12-9-6(11(13)14)4-7(18(15,16)17)5-2-1-3-10-8(5)9;/h1-4,12H,(H,15,16,17);1H2. The number of hydrogen-bond donors (Lipinski definition) is 2. The molecular weight excluding hydrogens is 280 g/mol. The summed E-state index contributed by atoms with van der Waals surface area (Å²) in [6, 6.07) is 3.24. The Bertz CT molecular complexity index is 756. The van der Waals surface area contributed by atoms with E-state index in [1.165, 1.54) is 18.3 Å². The van der Waals surface area contributed by atoms with Crippen LogP contribution in [0.1, 0.15) is 0 Å². The van der Waals surface area contributed by atoms with Crippen molar-refractivity contribution in [3.63, 3.8) is 0 Å². The first-order valence-corrected chi connectivity index (χ1v) is 5.99. The zero-order valence-corrected chi connectivity index (χ0v) is 9.96. The van der Waals surface area contributed by atoms with Crippen molar-refractivity contribution in [1.82, 2.24) is 4.98 Å². The summed E-state index contributed by atoms with van der Waals surface area (Å²) in [5, 5.41) is 20.2. The molecule has 2 aromatic rings. The number of benzene rings is 1. The number of aromatic hydroxyl groups is 1. The summed E-state index contributed by atoms with van der Waals surface area (Å²) < 4.78 is 31.3. The van der Waals surface area contributed by atoms with E-state index >= 15 is 0 Å². The van der Waals surface area contributed by atoms with E-state index in [0.717, 1.165) is 0 Å². The summed E-state index contributed by atoms with van der Waals surface area (Å²) in [4.78, 5) is 12.7. The van der Waals surface area contributed by atoms with Crippen LogP contribution in [0.15, 0.2) is 29.3 Å². The van der Waals surface area contributed by atoms with Gasteiger partial charge in [-0.15, -0.1) is 0 Å². The van der Waals surface area contributed by atoms with Gasteiger partial charge in [-0.05, 0) is 12.1 Å². The monoisotopic (exact) mass is 288 g/mol. The van der Waals surface area contributed by atoms with Crippen LogP contribution in [-0.4, -0.2) is 33.5 Å². The molecule has 9 nitrogen and oxygen atoms in total. The number of pyridine rings is 1. The summed E-state index contributed by atoms with van der Waals surface area (Å²) in [6.07, 6.45) is 1.24. The summed E-state index contributed by atoms with van der Waals surface area (Å²) >= 11 is 0. The van der Waals surface area contributed by atoms with Crippen LogP contribution < -0.4 is 0 Å². The van der Waals surface area contributed by atoms with E-state index in [1.807, 2.05) is 0 Å². The molecule has 0 atom stereocenters. The molecule has 0 fully saturated rings. The van der Waals surface area contributed by atoms with Crippen molar-refractivity contribution in [1.29, 1.82) is 0 Å². The molecule has 0 saturated carbocycles. The van der Waals surface area contributed by atoms with E-state index in [9.17, 15) is 23.6 Å². The number of hydrogen-bond acceptors (Lipinski definition) is 6. The highest BCUT2D eigenvalue weighted by molar-refractivity contribution is 7.86. The quantitative estimate of drug-likeness (QED) is 0.455. The highest BCUT2D eigenvalue weighted by Gasteiger charge is 2.25. The van der Waals surface area contributed by atoms with Crippen molar-refractivity contribution in [3.8, 4) is 5.75 Å². The van der Waals surface area contributed by atoms with Crippen molar-refractivity contribution < 1.29 is 28.5 Å². The van der Waals surface area contributed by atoms with Crippen LogP contribution in [0, 0.1) is 10.1 Å². The average Bonchev–Trinajstić information content (AvgIpc) is 2.27. The second-order valence-electron chi connectivity index (χ2n) is 3.37. The molecule has 4 N–H and O–H groups in total. The summed E-state index contributed by atoms with van der Waals surface area (Å²) in [5.41, 5.74) is -1.10. The summed E-state index contributed by atoms with van der Waals surface area (Å²) in [7, 11) is -4.66. The molecule has 0 aliphatic rings. The molecule has 2 rings (SSSR count). The maximum Gasteiger partial charge on any atom is 0.314 e. The SMILES string of the molecule is O.O=[N+]([O-])c1cc(S(=O)(=O)O)c2cccnc2c1O. The Kier molecular flexibility index (Phi) is 3.70. The van der Waals surface area contributed by atoms with Gasteiger partial charge in [-0.25, -0.2) is 0 Å². The van der Waals surface area contributed by atoms with Gasteiger partial charge in [0, 0.05) is 17.6 Å². The minimum absolute atomic E-state index is 0. The van der Waals surface area contributed by atoms with E-state index in [2.05, 4.69) is 4.98 Å². The topological polar surface area (TPSA) is 162 Å². The molecule has 0 aliphatic carbocycles. The molecule has 102 valence electrons. The lowest BCUT2D eigenvalue weighted by Crippen LogP contribution is -2.02. The van der Waals surface area contributed by atoms with Crippen LogP contribution in [0.2, 0.25) is 0 Å². The Balaban J connectivity index is 0.00000180. The third kappa shape index (κ3) is 2.45. The first kappa shape index (κ1) is 14.8. The number of fused-ring (bicyclic) bond motifs is 1. The number of phenolic OH excluding ortho intramolecular Hbond substituents is 1. The molecule has 0 bridgehead atoms. The van der Waals surface area contributed by atoms with Crippen molar-refractivity contribution in [2.45, 2.75) is 4.90 Å². The fourth-order valence-corrected chi connectivity index (χ4v) is 2.24. The van der Waals surface area contributed by atoms with Gasteiger partial charge in [-0.1, -0.05) is 0 Å². The predicted octanol–water partition coefficient (Wildman–Crippen LogP) is 0.271. The van der Waals surface area contributed by atoms with Crippen molar-refractivity contribution >= 4 is 26.7 Å². The number of nitro benzene ring substituents is 1. The second-order valence-corrected chi connectivity index (χ2v) is 4.76. The molecule has 1 aromatic carbocycles. The number of nitro groups is 1. The van der Waals surface area contributed by atoms with Crippen molar-refractivity contribution in [3.05, 3.63) is 34.5 Å². The summed E-state index contributed by atoms with van der Waals surface area (Å²) in [5.74, 6) is -0.747. The lowest BCUT2D eigenvalue weighted by molar-refractivity contribution is -0.385. The van der Waals surface area contributed by atoms with E-state index in [0.29, 0.717) is 6.07 Å².